The maximum Gasteiger partial charge on any atom is 0.326 e. The smallest absolute Gasteiger partial charge is 0.326 e. The standard InChI is InChI=1S/C20H17ClO3S/c1-12-17(11-13-7-9-14(10-8-13)25(2)24)15-5-3-4-6-16(15)18(12)19(21)20(22)23/h3-11,19H,1-2H3,(H,22,23). The van der Waals surface area contributed by atoms with E-state index in [0.717, 1.165) is 32.7 Å². The van der Waals surface area contributed by atoms with E-state index in [9.17, 15) is 14.1 Å². The zero-order chi connectivity index (χ0) is 18.1. The lowest BCUT2D eigenvalue weighted by Gasteiger charge is -2.08. The van der Waals surface area contributed by atoms with Gasteiger partial charge in [-0.15, -0.1) is 11.6 Å². The lowest BCUT2D eigenvalue weighted by molar-refractivity contribution is -0.135. The summed E-state index contributed by atoms with van der Waals surface area (Å²) < 4.78 is 11.5. The third-order valence-electron chi connectivity index (χ3n) is 4.31. The fourth-order valence-corrected chi connectivity index (χ4v) is 3.86. The van der Waals surface area contributed by atoms with Crippen LogP contribution in [0.1, 0.15) is 23.6 Å². The van der Waals surface area contributed by atoms with Gasteiger partial charge in [-0.05, 0) is 58.5 Å². The molecule has 0 radical (unpaired) electrons. The third kappa shape index (κ3) is 3.32. The topological polar surface area (TPSA) is 54.4 Å². The molecule has 0 heterocycles. The molecule has 0 aliphatic heterocycles. The molecule has 2 aromatic carbocycles. The van der Waals surface area contributed by atoms with Gasteiger partial charge in [-0.1, -0.05) is 36.4 Å². The van der Waals surface area contributed by atoms with Gasteiger partial charge in [-0.2, -0.15) is 0 Å². The summed E-state index contributed by atoms with van der Waals surface area (Å²) in [6, 6.07) is 15.2. The molecule has 0 fully saturated rings. The number of fused-ring (bicyclic) bond motifs is 1. The minimum atomic E-state index is -1.09. The number of carbonyl (C=O) groups is 1. The molecular formula is C20H17ClO3S. The molecule has 2 unspecified atom stereocenters. The largest absolute Gasteiger partial charge is 0.480 e. The number of rotatable bonds is 4. The predicted octanol–water partition coefficient (Wildman–Crippen LogP) is 4.44. The van der Waals surface area contributed by atoms with Crippen LogP contribution in [0.5, 0.6) is 0 Å². The Labute approximate surface area is 154 Å². The van der Waals surface area contributed by atoms with Gasteiger partial charge in [0.2, 0.25) is 0 Å². The van der Waals surface area contributed by atoms with E-state index in [2.05, 4.69) is 0 Å². The second-order valence-corrected chi connectivity index (χ2v) is 7.68. The molecular weight excluding hydrogens is 356 g/mol. The maximum absolute atomic E-state index is 11.5. The number of benzene rings is 2. The van der Waals surface area contributed by atoms with Gasteiger partial charge in [0, 0.05) is 22.0 Å². The molecule has 0 amide bonds. The number of alkyl halides is 1. The molecule has 3 rings (SSSR count). The molecule has 5 heteroatoms. The van der Waals surface area contributed by atoms with Crippen molar-refractivity contribution in [2.45, 2.75) is 17.2 Å². The summed E-state index contributed by atoms with van der Waals surface area (Å²) >= 11 is 6.15. The lowest BCUT2D eigenvalue weighted by atomic mass is 10.0. The first kappa shape index (κ1) is 17.6. The second kappa shape index (κ2) is 6.98. The van der Waals surface area contributed by atoms with Crippen molar-refractivity contribution in [3.63, 3.8) is 0 Å². The number of hydrogen-bond donors (Lipinski definition) is 1. The fraction of sp³-hybridized carbons (Fsp3) is 0.150. The van der Waals surface area contributed by atoms with Gasteiger partial charge in [0.05, 0.1) is 0 Å². The van der Waals surface area contributed by atoms with Gasteiger partial charge < -0.3 is 5.11 Å². The molecule has 0 saturated heterocycles. The van der Waals surface area contributed by atoms with E-state index >= 15 is 0 Å². The number of hydrogen-bond acceptors (Lipinski definition) is 2. The van der Waals surface area contributed by atoms with Gasteiger partial charge >= 0.3 is 5.97 Å². The summed E-state index contributed by atoms with van der Waals surface area (Å²) in [7, 11) is -1.01. The fourth-order valence-electron chi connectivity index (χ4n) is 3.06. The number of halogens is 1. The van der Waals surface area contributed by atoms with Crippen molar-refractivity contribution in [2.75, 3.05) is 6.26 Å². The van der Waals surface area contributed by atoms with Crippen molar-refractivity contribution in [1.82, 2.24) is 0 Å². The maximum atomic E-state index is 11.5. The Morgan fingerprint density at radius 1 is 1.12 bits per heavy atom. The van der Waals surface area contributed by atoms with Crippen LogP contribution in [0.4, 0.5) is 0 Å². The van der Waals surface area contributed by atoms with E-state index in [4.69, 9.17) is 11.6 Å². The normalized spacial score (nSPS) is 17.5. The highest BCUT2D eigenvalue weighted by molar-refractivity contribution is 7.84. The van der Waals surface area contributed by atoms with Crippen molar-refractivity contribution in [3.8, 4) is 0 Å². The van der Waals surface area contributed by atoms with Crippen LogP contribution >= 0.6 is 11.6 Å². The van der Waals surface area contributed by atoms with Crippen LogP contribution in [0, 0.1) is 0 Å². The van der Waals surface area contributed by atoms with Crippen LogP contribution < -0.4 is 0 Å². The highest BCUT2D eigenvalue weighted by atomic mass is 35.5. The zero-order valence-electron chi connectivity index (χ0n) is 13.8. The molecule has 3 nitrogen and oxygen atoms in total. The van der Waals surface area contributed by atoms with Gasteiger partial charge in [0.25, 0.3) is 0 Å². The van der Waals surface area contributed by atoms with E-state index in [1.165, 1.54) is 0 Å². The number of carboxylic acid groups (broad SMARTS) is 1. The van der Waals surface area contributed by atoms with Crippen molar-refractivity contribution < 1.29 is 14.1 Å². The SMILES string of the molecule is CC1=C(C(Cl)C(=O)O)c2ccccc2C1=Cc1ccc(S(C)=O)cc1. The summed E-state index contributed by atoms with van der Waals surface area (Å²) in [6.45, 7) is 1.90. The molecule has 0 saturated carbocycles. The van der Waals surface area contributed by atoms with Crippen LogP contribution in [0.2, 0.25) is 0 Å². The van der Waals surface area contributed by atoms with E-state index in [0.29, 0.717) is 5.57 Å². The summed E-state index contributed by atoms with van der Waals surface area (Å²) in [5.41, 5.74) is 5.27. The first-order chi connectivity index (χ1) is 11.9. The van der Waals surface area contributed by atoms with E-state index in [1.54, 1.807) is 6.26 Å². The second-order valence-electron chi connectivity index (χ2n) is 5.87. The molecule has 1 aliphatic rings. The molecule has 1 aliphatic carbocycles. The average molecular weight is 373 g/mol. The Morgan fingerprint density at radius 2 is 1.72 bits per heavy atom. The molecule has 0 spiro atoms. The first-order valence-electron chi connectivity index (χ1n) is 7.73. The average Bonchev–Trinajstić information content (AvgIpc) is 2.87. The molecule has 25 heavy (non-hydrogen) atoms. The number of carboxylic acids is 1. The number of aliphatic carboxylic acids is 1. The lowest BCUT2D eigenvalue weighted by Crippen LogP contribution is -2.15. The van der Waals surface area contributed by atoms with Gasteiger partial charge in [0.1, 0.15) is 0 Å². The Bertz CT molecular complexity index is 926. The molecule has 0 aromatic heterocycles. The summed E-state index contributed by atoms with van der Waals surface area (Å²) in [5.74, 6) is -1.05. The summed E-state index contributed by atoms with van der Waals surface area (Å²) in [4.78, 5) is 12.2. The van der Waals surface area contributed by atoms with Gasteiger partial charge in [-0.3, -0.25) is 9.00 Å². The monoisotopic (exact) mass is 372 g/mol. The van der Waals surface area contributed by atoms with Crippen LogP contribution in [0.25, 0.3) is 17.2 Å². The Kier molecular flexibility index (Phi) is 4.93. The molecule has 2 atom stereocenters. The third-order valence-corrected chi connectivity index (χ3v) is 5.65. The highest BCUT2D eigenvalue weighted by Crippen LogP contribution is 2.44. The molecule has 128 valence electrons. The summed E-state index contributed by atoms with van der Waals surface area (Å²) in [5, 5.41) is 8.24. The summed E-state index contributed by atoms with van der Waals surface area (Å²) in [6.07, 6.45) is 3.65. The van der Waals surface area contributed by atoms with Crippen molar-refractivity contribution in [1.29, 1.82) is 0 Å². The Morgan fingerprint density at radius 3 is 2.28 bits per heavy atom. The van der Waals surface area contributed by atoms with Gasteiger partial charge in [0.15, 0.2) is 5.38 Å². The highest BCUT2D eigenvalue weighted by Gasteiger charge is 2.31. The molecule has 1 N–H and O–H groups in total. The van der Waals surface area contributed by atoms with Crippen LogP contribution in [0.15, 0.2) is 59.0 Å². The zero-order valence-corrected chi connectivity index (χ0v) is 15.4. The molecule has 0 bridgehead atoms. The van der Waals surface area contributed by atoms with E-state index in [1.807, 2.05) is 61.5 Å². The van der Waals surface area contributed by atoms with E-state index < -0.39 is 22.1 Å². The van der Waals surface area contributed by atoms with Crippen molar-refractivity contribution in [3.05, 3.63) is 70.8 Å². The van der Waals surface area contributed by atoms with Crippen LogP contribution in [0.3, 0.4) is 0 Å². The van der Waals surface area contributed by atoms with Crippen molar-refractivity contribution in [2.24, 2.45) is 0 Å². The Hall–Kier alpha value is -2.17. The predicted molar refractivity (Wildman–Crippen MR) is 103 cm³/mol. The minimum Gasteiger partial charge on any atom is -0.480 e. The Balaban J connectivity index is 2.12. The van der Waals surface area contributed by atoms with Crippen LogP contribution in [-0.4, -0.2) is 26.9 Å². The number of allylic oxidation sites excluding steroid dienone is 2. The van der Waals surface area contributed by atoms with Crippen LogP contribution in [-0.2, 0) is 15.6 Å². The van der Waals surface area contributed by atoms with Crippen molar-refractivity contribution >= 4 is 45.6 Å². The minimum absolute atomic E-state index is 0.641. The molecule has 2 aromatic rings. The first-order valence-corrected chi connectivity index (χ1v) is 9.72. The van der Waals surface area contributed by atoms with Gasteiger partial charge in [-0.25, -0.2) is 0 Å². The quantitative estimate of drug-likeness (QED) is 0.807. The van der Waals surface area contributed by atoms with E-state index in [-0.39, 0.29) is 0 Å².